The van der Waals surface area contributed by atoms with Crippen LogP contribution in [0.5, 0.6) is 80.5 Å². The number of nitrogens with zero attached hydrogens (tertiary/aromatic N) is 23. The molecule has 664 valence electrons. The molecule has 0 saturated carbocycles. The van der Waals surface area contributed by atoms with Gasteiger partial charge in [0.25, 0.3) is 5.95 Å². The highest BCUT2D eigenvalue weighted by atomic mass is 16.7. The topological polar surface area (TPSA) is 547 Å². The number of fused-ring (bicyclic) bond motifs is 7. The number of hydrogen-bond donors (Lipinski definition) is 12. The van der Waals surface area contributed by atoms with Crippen molar-refractivity contribution in [2.45, 2.75) is 13.1 Å². The van der Waals surface area contributed by atoms with Crippen LogP contribution in [0.3, 0.4) is 0 Å². The second-order valence-electron chi connectivity index (χ2n) is 28.5. The molecule has 0 amide bonds. The van der Waals surface area contributed by atoms with E-state index in [0.29, 0.717) is 84.5 Å². The molecule has 15 N–H and O–H groups in total. The van der Waals surface area contributed by atoms with Gasteiger partial charge in [0, 0.05) is 163 Å². The van der Waals surface area contributed by atoms with Gasteiger partial charge >= 0.3 is 0 Å². The van der Waals surface area contributed by atoms with Crippen molar-refractivity contribution < 1.29 is 66.3 Å². The summed E-state index contributed by atoms with van der Waals surface area (Å²) in [6, 6.07) is 40.0. The number of aromatic amines is 5. The minimum atomic E-state index is 0.263. The second-order valence-corrected chi connectivity index (χ2v) is 28.5. The minimum Gasteiger partial charge on any atom is -0.454 e. The first-order valence-corrected chi connectivity index (χ1v) is 38.8. The molecule has 0 saturated heterocycles. The molecule has 14 heterocycles. The van der Waals surface area contributed by atoms with Gasteiger partial charge in [0.2, 0.25) is 125 Å². The van der Waals surface area contributed by atoms with Crippen LogP contribution in [-0.4, -0.2) is 231 Å². The Morgan fingerprint density at radius 2 is 0.772 bits per heavy atom. The van der Waals surface area contributed by atoms with Gasteiger partial charge in [0.15, 0.2) is 80.5 Å². The van der Waals surface area contributed by atoms with Crippen molar-refractivity contribution >= 4 is 112 Å². The van der Waals surface area contributed by atoms with Crippen molar-refractivity contribution in [1.29, 1.82) is 0 Å². The summed E-state index contributed by atoms with van der Waals surface area (Å²) in [7, 11) is 24.5. The summed E-state index contributed by atoms with van der Waals surface area (Å²) in [6.07, 6.45) is 0. The lowest BCUT2D eigenvalue weighted by Gasteiger charge is -2.17. The van der Waals surface area contributed by atoms with Crippen LogP contribution in [0.4, 0.5) is 112 Å². The second kappa shape index (κ2) is 38.3. The molecule has 0 radical (unpaired) electrons. The molecule has 49 nitrogen and oxygen atoms in total. The van der Waals surface area contributed by atoms with Crippen molar-refractivity contribution in [3.63, 3.8) is 0 Å². The van der Waals surface area contributed by atoms with Crippen molar-refractivity contribution in [3.05, 3.63) is 139 Å². The Kier molecular flexibility index (Phi) is 25.6. The molecule has 49 heteroatoms. The van der Waals surface area contributed by atoms with E-state index in [1.807, 2.05) is 251 Å². The van der Waals surface area contributed by atoms with E-state index in [9.17, 15) is 0 Å². The maximum absolute atomic E-state index is 5.66. The summed E-state index contributed by atoms with van der Waals surface area (Å²) in [5.41, 5.74) is 23.3. The van der Waals surface area contributed by atoms with Crippen molar-refractivity contribution in [3.8, 4) is 80.5 Å². The van der Waals surface area contributed by atoms with Gasteiger partial charge in [-0.15, -0.1) is 45.9 Å². The number of benzene rings is 7. The maximum Gasteiger partial charge on any atom is 0.250 e. The Bertz CT molecular complexity index is 6070. The summed E-state index contributed by atoms with van der Waals surface area (Å²) in [6.45, 7) is 3.17. The maximum atomic E-state index is 5.66. The lowest BCUT2D eigenvalue weighted by molar-refractivity contribution is 0.173. The zero-order valence-corrected chi connectivity index (χ0v) is 71.2. The lowest BCUT2D eigenvalue weighted by atomic mass is 10.2. The summed E-state index contributed by atoms with van der Waals surface area (Å²) < 4.78 is 77.8. The van der Waals surface area contributed by atoms with Gasteiger partial charge < -0.3 is 139 Å². The monoisotopic (exact) mass is 1740 g/mol. The number of nitrogen functional groups attached to an aromatic ring is 3. The summed E-state index contributed by atoms with van der Waals surface area (Å²) >= 11 is 0. The number of anilines is 19. The number of hydrogen-bond acceptors (Lipinski definition) is 42. The van der Waals surface area contributed by atoms with Crippen molar-refractivity contribution in [2.75, 3.05) is 198 Å². The van der Waals surface area contributed by atoms with Crippen LogP contribution in [0.1, 0.15) is 11.1 Å². The average Bonchev–Trinajstić information content (AvgIpc) is 1.70. The average molecular weight is 1740 g/mol. The first kappa shape index (κ1) is 84.9. The number of nitrogens with one attached hydrogen (secondary N) is 9. The van der Waals surface area contributed by atoms with Crippen LogP contribution in [0.25, 0.3) is 0 Å². The molecule has 7 aromatic heterocycles. The Morgan fingerprint density at radius 3 is 1.24 bits per heavy atom. The molecular weight excluding hydrogens is 1650 g/mol. The van der Waals surface area contributed by atoms with E-state index in [-0.39, 0.29) is 53.5 Å². The molecule has 0 fully saturated rings. The molecule has 7 aliphatic rings. The first-order valence-electron chi connectivity index (χ1n) is 38.8. The molecule has 0 spiro atoms. The molecule has 21 rings (SSSR count). The van der Waals surface area contributed by atoms with Crippen molar-refractivity contribution in [2.24, 2.45) is 14.1 Å². The number of ether oxygens (including phenoxy) is 14. The van der Waals surface area contributed by atoms with Crippen LogP contribution < -0.4 is 139 Å². The smallest absolute Gasteiger partial charge is 0.250 e. The zero-order chi connectivity index (χ0) is 88.8. The predicted molar refractivity (Wildman–Crippen MR) is 468 cm³/mol. The summed E-state index contributed by atoms with van der Waals surface area (Å²) in [5, 5.41) is 62.2. The van der Waals surface area contributed by atoms with Gasteiger partial charge in [0.05, 0.1) is 0 Å². The van der Waals surface area contributed by atoms with Gasteiger partial charge in [-0.05, 0) is 96.1 Å². The lowest BCUT2D eigenvalue weighted by Crippen LogP contribution is -2.17. The van der Waals surface area contributed by atoms with Crippen molar-refractivity contribution in [1.82, 2.24) is 105 Å². The van der Waals surface area contributed by atoms with E-state index in [4.69, 9.17) is 83.5 Å². The normalized spacial score (nSPS) is 12.6. The summed E-state index contributed by atoms with van der Waals surface area (Å²) in [4.78, 5) is 34.0. The number of aromatic nitrogens is 21. The van der Waals surface area contributed by atoms with E-state index < -0.39 is 0 Å². The van der Waals surface area contributed by atoms with Gasteiger partial charge in [-0.3, -0.25) is 9.13 Å². The number of H-pyrrole nitrogens is 5. The van der Waals surface area contributed by atoms with Gasteiger partial charge in [-0.2, -0.15) is 24.9 Å². The Balaban J connectivity index is 0.000000114. The summed E-state index contributed by atoms with van der Waals surface area (Å²) in [5.74, 6) is 18.4. The van der Waals surface area contributed by atoms with Crippen LogP contribution >= 0.6 is 0 Å². The van der Waals surface area contributed by atoms with E-state index in [1.165, 1.54) is 0 Å². The third-order valence-electron chi connectivity index (χ3n) is 19.1. The highest BCUT2D eigenvalue weighted by Gasteiger charge is 2.25. The van der Waals surface area contributed by atoms with E-state index in [1.54, 1.807) is 11.6 Å². The Morgan fingerprint density at radius 1 is 0.354 bits per heavy atom. The van der Waals surface area contributed by atoms with Crippen LogP contribution in [0, 0.1) is 0 Å². The number of nitrogens with two attached hydrogens (primary N) is 3. The van der Waals surface area contributed by atoms with Gasteiger partial charge in [-0.25, -0.2) is 25.5 Å². The molecule has 7 aromatic carbocycles. The molecule has 7 aliphatic heterocycles. The van der Waals surface area contributed by atoms with Crippen LogP contribution in [-0.2, 0) is 27.2 Å². The first-order chi connectivity index (χ1) is 61.5. The predicted octanol–water partition coefficient (Wildman–Crippen LogP) is 7.78. The quantitative estimate of drug-likeness (QED) is 0.0346. The van der Waals surface area contributed by atoms with Gasteiger partial charge in [0.1, 0.15) is 0 Å². The third-order valence-corrected chi connectivity index (χ3v) is 19.1. The Hall–Kier alpha value is -17.1. The largest absolute Gasteiger partial charge is 0.454 e. The highest BCUT2D eigenvalue weighted by Crippen LogP contribution is 2.42. The van der Waals surface area contributed by atoms with Crippen LogP contribution in [0.15, 0.2) is 127 Å². The molecule has 0 atom stereocenters. The minimum absolute atomic E-state index is 0.263. The van der Waals surface area contributed by atoms with Gasteiger partial charge in [-0.1, -0.05) is 12.1 Å². The fourth-order valence-corrected chi connectivity index (χ4v) is 12.3. The fourth-order valence-electron chi connectivity index (χ4n) is 12.3. The number of rotatable bonds is 20. The van der Waals surface area contributed by atoms with Crippen LogP contribution in [0.2, 0.25) is 0 Å². The molecule has 127 heavy (non-hydrogen) atoms. The molecule has 0 aliphatic carbocycles. The molecular formula is C78H93N35O14. The fraction of sp³-hybridized carbons (Fsp3) is 0.282. The Labute approximate surface area is 724 Å². The standard InChI is InChI=1S/2C12H15N5O2.4C11H13N5O2.C10H11N5O2/c1-16(2)11-13-12(15-14-11)17(3)8-4-5-9-10(6-8)19-7-18-9;1-16(2)12-15-14-11(17(12)3)13-8-4-5-9-10(6-8)19-7-18-9;1-15(11-14-13-10(12)16(11)2)7-3-4-8-9(5-7)18-6-17-8;1-16(2)11-13-10(14-15-11)12-7-3-4-8-9(5-7)18-6-17-8;1-12-10-13-11(15-14-10)16(2)7-3-4-8-9(5-7)18-6-17-8;1-16(11-13-10(12)14-15-11)5-7-2-3-8-9(4-7)18-6-17-8;11-9-13-10(15-14-9)12-4-6-1-2-7-8(3-6)17-5-16-7/h4-6H,7H2,1-3H3,(H,13,14,15);4-6H,7H2,1-3H3,(H,13,14);3-5H,6H2,1-2H3,(H2,12,13);2*3-5H,6H2,1-2H3,(H2,12,13,14,15);2-4H,5-6H2,1H3,(H3,12,13,14,15);1-3H,4-5H2,(H4,11,12,13,14,15). The van der Waals surface area contributed by atoms with E-state index in [2.05, 4.69) is 118 Å². The molecule has 0 bridgehead atoms. The molecule has 0 unspecified atom stereocenters. The highest BCUT2D eigenvalue weighted by molar-refractivity contribution is 5.67. The SMILES string of the molecule is CN(C)c1n[nH]c(N(C)c2ccc3c(c2)OCO3)n1.CN(C)c1n[nH]c(Nc2ccc3c(c2)OCO3)n1.CN(C)c1nnc(Nc2ccc3c(c2)OCO3)n1C.CN(Cc1ccc2c(c1)OCO2)c1n[nH]c(N)n1.CN(c1ccc2c(c1)OCO2)c1nnc(N)n1C.CNc1nc(N(C)c2ccc3c(c2)OCO3)n[nH]1.Nc1nc(NCc2ccc3c(c2)OCO3)n[nH]1. The zero-order valence-electron chi connectivity index (χ0n) is 71.2. The van der Waals surface area contributed by atoms with E-state index >= 15 is 0 Å². The van der Waals surface area contributed by atoms with E-state index in [0.717, 1.165) is 126 Å². The third kappa shape index (κ3) is 20.6. The molecule has 14 aromatic rings.